The van der Waals surface area contributed by atoms with Crippen LogP contribution in [0.5, 0.6) is 0 Å². The molecule has 0 spiro atoms. The standard InChI is InChI=1S/C14H19ClN2O2S/c1-9-6-17(7-10(2)19-9)13(18)8-20-14-11(15)4-3-5-12(14)16/h3-5,9-10H,6-8,16H2,1-2H3. The van der Waals surface area contributed by atoms with Crippen molar-refractivity contribution in [1.29, 1.82) is 0 Å². The minimum atomic E-state index is 0.0816. The van der Waals surface area contributed by atoms with Gasteiger partial charge in [0.1, 0.15) is 0 Å². The number of ether oxygens (including phenoxy) is 1. The van der Waals surface area contributed by atoms with Gasteiger partial charge in [-0.3, -0.25) is 4.79 Å². The maximum atomic E-state index is 12.3. The summed E-state index contributed by atoms with van der Waals surface area (Å²) in [6, 6.07) is 5.37. The maximum absolute atomic E-state index is 12.3. The van der Waals surface area contributed by atoms with Crippen LogP contribution in [0.3, 0.4) is 0 Å². The van der Waals surface area contributed by atoms with E-state index in [1.54, 1.807) is 18.2 Å². The van der Waals surface area contributed by atoms with E-state index < -0.39 is 0 Å². The van der Waals surface area contributed by atoms with E-state index >= 15 is 0 Å². The third-order valence-corrected chi connectivity index (χ3v) is 4.67. The zero-order chi connectivity index (χ0) is 14.7. The number of nitrogen functional groups attached to an aromatic ring is 1. The van der Waals surface area contributed by atoms with Gasteiger partial charge in [0.05, 0.1) is 23.0 Å². The number of rotatable bonds is 3. The van der Waals surface area contributed by atoms with Gasteiger partial charge in [0.2, 0.25) is 5.91 Å². The van der Waals surface area contributed by atoms with E-state index in [1.807, 2.05) is 18.7 Å². The van der Waals surface area contributed by atoms with Crippen molar-refractivity contribution in [2.24, 2.45) is 0 Å². The molecule has 2 atom stereocenters. The first-order chi connectivity index (χ1) is 9.47. The molecule has 20 heavy (non-hydrogen) atoms. The number of thioether (sulfide) groups is 1. The first kappa shape index (κ1) is 15.5. The lowest BCUT2D eigenvalue weighted by molar-refractivity contribution is -0.140. The van der Waals surface area contributed by atoms with Crippen LogP contribution in [0.15, 0.2) is 23.1 Å². The summed E-state index contributed by atoms with van der Waals surface area (Å²) in [5.74, 6) is 0.434. The van der Waals surface area contributed by atoms with Crippen molar-refractivity contribution in [2.45, 2.75) is 31.0 Å². The average Bonchev–Trinajstić information content (AvgIpc) is 2.36. The molecule has 1 aliphatic rings. The number of nitrogens with zero attached hydrogens (tertiary/aromatic N) is 1. The minimum Gasteiger partial charge on any atom is -0.398 e. The van der Waals surface area contributed by atoms with E-state index in [4.69, 9.17) is 22.1 Å². The molecule has 0 saturated carbocycles. The molecule has 1 amide bonds. The Bertz CT molecular complexity index is 468. The lowest BCUT2D eigenvalue weighted by Gasteiger charge is -2.35. The smallest absolute Gasteiger partial charge is 0.233 e. The zero-order valence-electron chi connectivity index (χ0n) is 11.6. The van der Waals surface area contributed by atoms with Crippen LogP contribution in [0.4, 0.5) is 5.69 Å². The lowest BCUT2D eigenvalue weighted by atomic mass is 10.2. The van der Waals surface area contributed by atoms with Crippen LogP contribution in [0.2, 0.25) is 5.02 Å². The van der Waals surface area contributed by atoms with Crippen LogP contribution in [-0.4, -0.2) is 41.9 Å². The van der Waals surface area contributed by atoms with Gasteiger partial charge in [-0.25, -0.2) is 0 Å². The molecule has 0 radical (unpaired) electrons. The van der Waals surface area contributed by atoms with Crippen LogP contribution < -0.4 is 5.73 Å². The fourth-order valence-corrected chi connectivity index (χ4v) is 3.52. The van der Waals surface area contributed by atoms with Gasteiger partial charge in [-0.05, 0) is 26.0 Å². The molecule has 0 aliphatic carbocycles. The zero-order valence-corrected chi connectivity index (χ0v) is 13.2. The van der Waals surface area contributed by atoms with E-state index in [0.29, 0.717) is 29.6 Å². The van der Waals surface area contributed by atoms with Gasteiger partial charge in [-0.15, -0.1) is 11.8 Å². The Kier molecular flexibility index (Phi) is 5.18. The molecule has 1 aliphatic heterocycles. The number of halogens is 1. The quantitative estimate of drug-likeness (QED) is 0.688. The molecule has 1 fully saturated rings. The number of carbonyl (C=O) groups is 1. The fourth-order valence-electron chi connectivity index (χ4n) is 2.28. The Morgan fingerprint density at radius 2 is 2.10 bits per heavy atom. The van der Waals surface area contributed by atoms with Gasteiger partial charge in [0.15, 0.2) is 0 Å². The van der Waals surface area contributed by atoms with Gasteiger partial charge in [-0.2, -0.15) is 0 Å². The number of hydrogen-bond donors (Lipinski definition) is 1. The number of nitrogens with two attached hydrogens (primary N) is 1. The minimum absolute atomic E-state index is 0.0816. The van der Waals surface area contributed by atoms with Crippen molar-refractivity contribution in [3.8, 4) is 0 Å². The Hall–Kier alpha value is -0.910. The van der Waals surface area contributed by atoms with Crippen molar-refractivity contribution >= 4 is 35.0 Å². The van der Waals surface area contributed by atoms with Crippen molar-refractivity contribution in [2.75, 3.05) is 24.6 Å². The maximum Gasteiger partial charge on any atom is 0.233 e. The molecule has 1 saturated heterocycles. The van der Waals surface area contributed by atoms with E-state index in [2.05, 4.69) is 0 Å². The highest BCUT2D eigenvalue weighted by Crippen LogP contribution is 2.32. The molecular weight excluding hydrogens is 296 g/mol. The number of amides is 1. The van der Waals surface area contributed by atoms with Gasteiger partial charge < -0.3 is 15.4 Å². The second kappa shape index (κ2) is 6.70. The molecule has 6 heteroatoms. The van der Waals surface area contributed by atoms with Crippen LogP contribution >= 0.6 is 23.4 Å². The molecular formula is C14H19ClN2O2S. The molecule has 2 unspecified atom stereocenters. The summed E-state index contributed by atoms with van der Waals surface area (Å²) in [4.78, 5) is 14.9. The van der Waals surface area contributed by atoms with E-state index in [0.717, 1.165) is 4.90 Å². The van der Waals surface area contributed by atoms with Crippen LogP contribution in [0, 0.1) is 0 Å². The molecule has 0 aromatic heterocycles. The van der Waals surface area contributed by atoms with Gasteiger partial charge in [-0.1, -0.05) is 17.7 Å². The van der Waals surface area contributed by atoms with Crippen molar-refractivity contribution in [3.05, 3.63) is 23.2 Å². The summed E-state index contributed by atoms with van der Waals surface area (Å²) in [6.07, 6.45) is 0.163. The summed E-state index contributed by atoms with van der Waals surface area (Å²) >= 11 is 7.49. The van der Waals surface area contributed by atoms with Crippen LogP contribution in [0.1, 0.15) is 13.8 Å². The Morgan fingerprint density at radius 3 is 2.70 bits per heavy atom. The Morgan fingerprint density at radius 1 is 1.45 bits per heavy atom. The number of benzene rings is 1. The molecule has 110 valence electrons. The van der Waals surface area contributed by atoms with Gasteiger partial charge in [0.25, 0.3) is 0 Å². The SMILES string of the molecule is CC1CN(C(=O)CSc2c(N)cccc2Cl)CC(C)O1. The lowest BCUT2D eigenvalue weighted by Crippen LogP contribution is -2.48. The summed E-state index contributed by atoms with van der Waals surface area (Å²) in [6.45, 7) is 5.24. The summed E-state index contributed by atoms with van der Waals surface area (Å²) in [7, 11) is 0. The highest BCUT2D eigenvalue weighted by atomic mass is 35.5. The number of carbonyl (C=O) groups excluding carboxylic acids is 1. The largest absolute Gasteiger partial charge is 0.398 e. The monoisotopic (exact) mass is 314 g/mol. The molecule has 1 heterocycles. The third-order valence-electron chi connectivity index (χ3n) is 3.11. The van der Waals surface area contributed by atoms with E-state index in [9.17, 15) is 4.79 Å². The van der Waals surface area contributed by atoms with Crippen molar-refractivity contribution < 1.29 is 9.53 Å². The number of hydrogen-bond acceptors (Lipinski definition) is 4. The molecule has 2 N–H and O–H groups in total. The molecule has 2 rings (SSSR count). The van der Waals surface area contributed by atoms with Gasteiger partial charge in [0, 0.05) is 23.7 Å². The summed E-state index contributed by atoms with van der Waals surface area (Å²) in [5, 5.41) is 0.589. The van der Waals surface area contributed by atoms with Crippen LogP contribution in [0.25, 0.3) is 0 Å². The van der Waals surface area contributed by atoms with Crippen molar-refractivity contribution in [1.82, 2.24) is 4.90 Å². The molecule has 0 bridgehead atoms. The Labute approximate surface area is 128 Å². The second-order valence-corrected chi connectivity index (χ2v) is 6.40. The van der Waals surface area contributed by atoms with Crippen molar-refractivity contribution in [3.63, 3.8) is 0 Å². The van der Waals surface area contributed by atoms with Gasteiger partial charge >= 0.3 is 0 Å². The summed E-state index contributed by atoms with van der Waals surface area (Å²) in [5.41, 5.74) is 6.49. The first-order valence-corrected chi connectivity index (χ1v) is 7.93. The van der Waals surface area contributed by atoms with E-state index in [1.165, 1.54) is 11.8 Å². The average molecular weight is 315 g/mol. The highest BCUT2D eigenvalue weighted by molar-refractivity contribution is 8.00. The number of anilines is 1. The second-order valence-electron chi connectivity index (χ2n) is 5.00. The number of morpholine rings is 1. The molecule has 4 nitrogen and oxygen atoms in total. The van der Waals surface area contributed by atoms with E-state index in [-0.39, 0.29) is 18.1 Å². The Balaban J connectivity index is 1.95. The topological polar surface area (TPSA) is 55.6 Å². The predicted molar refractivity (Wildman–Crippen MR) is 83.2 cm³/mol. The highest BCUT2D eigenvalue weighted by Gasteiger charge is 2.25. The third kappa shape index (κ3) is 3.81. The first-order valence-electron chi connectivity index (χ1n) is 6.57. The van der Waals surface area contributed by atoms with Crippen LogP contribution in [-0.2, 0) is 9.53 Å². The molecule has 1 aromatic carbocycles. The molecule has 1 aromatic rings. The predicted octanol–water partition coefficient (Wildman–Crippen LogP) is 2.65. The fraction of sp³-hybridized carbons (Fsp3) is 0.500. The normalized spacial score (nSPS) is 22.9. The summed E-state index contributed by atoms with van der Waals surface area (Å²) < 4.78 is 5.63.